The van der Waals surface area contributed by atoms with E-state index in [1.54, 1.807) is 7.05 Å². The van der Waals surface area contributed by atoms with Crippen LogP contribution in [0.3, 0.4) is 0 Å². The molecule has 0 aromatic heterocycles. The second-order valence-electron chi connectivity index (χ2n) is 6.24. The first-order chi connectivity index (χ1) is 10.8. The summed E-state index contributed by atoms with van der Waals surface area (Å²) < 4.78 is 0. The van der Waals surface area contributed by atoms with Crippen LogP contribution in [0.2, 0.25) is 0 Å². The van der Waals surface area contributed by atoms with E-state index in [2.05, 4.69) is 32.6 Å². The third-order valence-corrected chi connectivity index (χ3v) is 4.76. The number of nitrogens with zero attached hydrogens (tertiary/aromatic N) is 2. The molecular formula is C17H26N4O. The molecule has 1 unspecified atom stereocenters. The fraction of sp³-hybridized carbons (Fsp3) is 0.588. The van der Waals surface area contributed by atoms with Gasteiger partial charge in [0.2, 0.25) is 0 Å². The Balaban J connectivity index is 1.52. The minimum absolute atomic E-state index is 0.0218. The standard InChI is InChI=1S/C17H26N4O/c1-18-17(22)15-4-2-14(3-5-15)12-20-9-6-16(13-20)21-10-7-19-8-11-21/h2-5,16,19H,6-13H2,1H3,(H,18,22). The first-order valence-corrected chi connectivity index (χ1v) is 8.24. The molecule has 22 heavy (non-hydrogen) atoms. The summed E-state index contributed by atoms with van der Waals surface area (Å²) in [4.78, 5) is 16.7. The normalized spacial score (nSPS) is 23.6. The summed E-state index contributed by atoms with van der Waals surface area (Å²) >= 11 is 0. The molecule has 5 heteroatoms. The Labute approximate surface area is 132 Å². The average molecular weight is 302 g/mol. The molecule has 1 aromatic carbocycles. The van der Waals surface area contributed by atoms with Crippen LogP contribution in [0, 0.1) is 0 Å². The number of nitrogens with one attached hydrogen (secondary N) is 2. The topological polar surface area (TPSA) is 47.6 Å². The molecule has 2 saturated heterocycles. The molecule has 2 fully saturated rings. The Morgan fingerprint density at radius 3 is 2.64 bits per heavy atom. The number of benzene rings is 1. The van der Waals surface area contributed by atoms with Crippen molar-refractivity contribution < 1.29 is 4.79 Å². The first kappa shape index (κ1) is 15.5. The van der Waals surface area contributed by atoms with Crippen LogP contribution >= 0.6 is 0 Å². The van der Waals surface area contributed by atoms with Crippen LogP contribution in [-0.4, -0.2) is 68.1 Å². The number of hydrogen-bond acceptors (Lipinski definition) is 4. The maximum Gasteiger partial charge on any atom is 0.251 e. The zero-order valence-electron chi connectivity index (χ0n) is 13.3. The van der Waals surface area contributed by atoms with E-state index in [0.29, 0.717) is 6.04 Å². The second-order valence-corrected chi connectivity index (χ2v) is 6.24. The third kappa shape index (κ3) is 3.66. The zero-order valence-corrected chi connectivity index (χ0v) is 13.3. The van der Waals surface area contributed by atoms with E-state index < -0.39 is 0 Å². The number of piperazine rings is 1. The molecule has 0 spiro atoms. The summed E-state index contributed by atoms with van der Waals surface area (Å²) in [7, 11) is 1.66. The average Bonchev–Trinajstić information content (AvgIpc) is 3.04. The molecule has 3 rings (SSSR count). The van der Waals surface area contributed by atoms with Crippen LogP contribution in [0.15, 0.2) is 24.3 Å². The van der Waals surface area contributed by atoms with E-state index in [9.17, 15) is 4.79 Å². The van der Waals surface area contributed by atoms with Crippen molar-refractivity contribution in [3.63, 3.8) is 0 Å². The van der Waals surface area contributed by atoms with Crippen molar-refractivity contribution >= 4 is 5.91 Å². The second kappa shape index (κ2) is 7.22. The molecule has 0 saturated carbocycles. The molecule has 1 atom stereocenters. The third-order valence-electron chi connectivity index (χ3n) is 4.76. The molecule has 1 aromatic rings. The minimum atomic E-state index is -0.0218. The lowest BCUT2D eigenvalue weighted by Gasteiger charge is -2.32. The lowest BCUT2D eigenvalue weighted by Crippen LogP contribution is -2.49. The van der Waals surface area contributed by atoms with Crippen LogP contribution in [0.4, 0.5) is 0 Å². The molecule has 2 aliphatic rings. The van der Waals surface area contributed by atoms with E-state index in [4.69, 9.17) is 0 Å². The van der Waals surface area contributed by atoms with Gasteiger partial charge in [-0.15, -0.1) is 0 Å². The van der Waals surface area contributed by atoms with E-state index in [0.717, 1.165) is 31.7 Å². The van der Waals surface area contributed by atoms with E-state index in [1.165, 1.54) is 31.6 Å². The Bertz CT molecular complexity index is 496. The van der Waals surface area contributed by atoms with Crippen LogP contribution in [-0.2, 0) is 6.54 Å². The molecule has 0 radical (unpaired) electrons. The summed E-state index contributed by atoms with van der Waals surface area (Å²) in [5, 5.41) is 6.08. The summed E-state index contributed by atoms with van der Waals surface area (Å²) in [5.41, 5.74) is 2.01. The van der Waals surface area contributed by atoms with Crippen molar-refractivity contribution in [2.45, 2.75) is 19.0 Å². The van der Waals surface area contributed by atoms with Gasteiger partial charge >= 0.3 is 0 Å². The van der Waals surface area contributed by atoms with Crippen molar-refractivity contribution in [1.82, 2.24) is 20.4 Å². The molecule has 5 nitrogen and oxygen atoms in total. The molecule has 0 bridgehead atoms. The Morgan fingerprint density at radius 1 is 1.23 bits per heavy atom. The number of carbonyl (C=O) groups is 1. The number of likely N-dealkylation sites (tertiary alicyclic amines) is 1. The van der Waals surface area contributed by atoms with E-state index in [-0.39, 0.29) is 5.91 Å². The Kier molecular flexibility index (Phi) is 5.08. The van der Waals surface area contributed by atoms with Gasteiger partial charge in [-0.05, 0) is 24.1 Å². The smallest absolute Gasteiger partial charge is 0.251 e. The quantitative estimate of drug-likeness (QED) is 0.852. The first-order valence-electron chi connectivity index (χ1n) is 8.24. The lowest BCUT2D eigenvalue weighted by atomic mass is 10.1. The van der Waals surface area contributed by atoms with Gasteiger partial charge in [0, 0.05) is 64.5 Å². The molecule has 2 N–H and O–H groups in total. The number of rotatable bonds is 4. The number of carbonyl (C=O) groups excluding carboxylic acids is 1. The maximum absolute atomic E-state index is 11.6. The highest BCUT2D eigenvalue weighted by Gasteiger charge is 2.28. The van der Waals surface area contributed by atoms with Crippen molar-refractivity contribution in [2.75, 3.05) is 46.3 Å². The van der Waals surface area contributed by atoms with Gasteiger partial charge in [-0.1, -0.05) is 12.1 Å². The van der Waals surface area contributed by atoms with Gasteiger partial charge in [0.25, 0.3) is 5.91 Å². The molecule has 2 aliphatic heterocycles. The van der Waals surface area contributed by atoms with Gasteiger partial charge in [-0.25, -0.2) is 0 Å². The summed E-state index contributed by atoms with van der Waals surface area (Å²) in [5.74, 6) is -0.0218. The van der Waals surface area contributed by atoms with Crippen LogP contribution in [0.25, 0.3) is 0 Å². The van der Waals surface area contributed by atoms with Crippen molar-refractivity contribution in [2.24, 2.45) is 0 Å². The fourth-order valence-electron chi connectivity index (χ4n) is 3.47. The SMILES string of the molecule is CNC(=O)c1ccc(CN2CCC(N3CCNCC3)C2)cc1. The minimum Gasteiger partial charge on any atom is -0.355 e. The summed E-state index contributed by atoms with van der Waals surface area (Å²) in [6, 6.07) is 8.69. The number of amides is 1. The Hall–Kier alpha value is -1.43. The highest BCUT2D eigenvalue weighted by molar-refractivity contribution is 5.93. The molecule has 1 amide bonds. The van der Waals surface area contributed by atoms with Crippen molar-refractivity contribution in [3.05, 3.63) is 35.4 Å². The van der Waals surface area contributed by atoms with E-state index >= 15 is 0 Å². The monoisotopic (exact) mass is 302 g/mol. The van der Waals surface area contributed by atoms with Gasteiger partial charge in [0.15, 0.2) is 0 Å². The fourth-order valence-corrected chi connectivity index (χ4v) is 3.47. The number of hydrogen-bond donors (Lipinski definition) is 2. The summed E-state index contributed by atoms with van der Waals surface area (Å²) in [6.07, 6.45) is 1.27. The predicted molar refractivity (Wildman–Crippen MR) is 88.0 cm³/mol. The summed E-state index contributed by atoms with van der Waals surface area (Å²) in [6.45, 7) is 7.92. The Morgan fingerprint density at radius 2 is 1.95 bits per heavy atom. The van der Waals surface area contributed by atoms with Gasteiger partial charge in [0.05, 0.1) is 0 Å². The van der Waals surface area contributed by atoms with Crippen LogP contribution in [0.5, 0.6) is 0 Å². The van der Waals surface area contributed by atoms with Crippen molar-refractivity contribution in [3.8, 4) is 0 Å². The van der Waals surface area contributed by atoms with E-state index in [1.807, 2.05) is 12.1 Å². The van der Waals surface area contributed by atoms with Gasteiger partial charge in [-0.3, -0.25) is 14.6 Å². The van der Waals surface area contributed by atoms with Crippen molar-refractivity contribution in [1.29, 1.82) is 0 Å². The van der Waals surface area contributed by atoms with Gasteiger partial charge in [-0.2, -0.15) is 0 Å². The zero-order chi connectivity index (χ0) is 15.4. The van der Waals surface area contributed by atoms with Gasteiger partial charge < -0.3 is 10.6 Å². The van der Waals surface area contributed by atoms with Crippen LogP contribution in [0.1, 0.15) is 22.3 Å². The molecule has 0 aliphatic carbocycles. The van der Waals surface area contributed by atoms with Crippen LogP contribution < -0.4 is 10.6 Å². The maximum atomic E-state index is 11.6. The predicted octanol–water partition coefficient (Wildman–Crippen LogP) is 0.526. The highest BCUT2D eigenvalue weighted by Crippen LogP contribution is 2.18. The molecule has 2 heterocycles. The molecule has 120 valence electrons. The molecular weight excluding hydrogens is 276 g/mol. The largest absolute Gasteiger partial charge is 0.355 e. The highest BCUT2D eigenvalue weighted by atomic mass is 16.1. The van der Waals surface area contributed by atoms with Gasteiger partial charge in [0.1, 0.15) is 0 Å². The lowest BCUT2D eigenvalue weighted by molar-refractivity contribution is 0.0963.